The Morgan fingerprint density at radius 1 is 1.35 bits per heavy atom. The van der Waals surface area contributed by atoms with Gasteiger partial charge in [-0.15, -0.1) is 0 Å². The molecule has 2 N–H and O–H groups in total. The molecule has 2 saturated heterocycles. The van der Waals surface area contributed by atoms with E-state index in [1.807, 2.05) is 0 Å². The van der Waals surface area contributed by atoms with Gasteiger partial charge in [-0.05, 0) is 24.7 Å². The van der Waals surface area contributed by atoms with Crippen LogP contribution < -0.4 is 10.6 Å². The monoisotopic (exact) mass is 281 g/mol. The minimum Gasteiger partial charge on any atom is -0.340 e. The van der Waals surface area contributed by atoms with Gasteiger partial charge in [0, 0.05) is 13.0 Å². The standard InChI is InChI=1S/C14H23N3O3/c1-13(2,3)6-4-5-10(18)17-8-7-14(9-17)11(19)15-12(20)16-14/h4-9H2,1-3H3,(H2,15,16,19,20). The molecule has 2 aliphatic rings. The second-order valence-corrected chi connectivity index (χ2v) is 6.97. The van der Waals surface area contributed by atoms with Gasteiger partial charge in [0.25, 0.3) is 5.91 Å². The molecule has 0 saturated carbocycles. The van der Waals surface area contributed by atoms with Gasteiger partial charge in [0.05, 0.1) is 6.54 Å². The van der Waals surface area contributed by atoms with Crippen LogP contribution >= 0.6 is 0 Å². The molecule has 0 aromatic heterocycles. The molecular formula is C14H23N3O3. The van der Waals surface area contributed by atoms with Crippen molar-refractivity contribution in [1.82, 2.24) is 15.5 Å². The lowest BCUT2D eigenvalue weighted by Crippen LogP contribution is -2.49. The number of carbonyl (C=O) groups is 3. The van der Waals surface area contributed by atoms with Crippen molar-refractivity contribution in [3.63, 3.8) is 0 Å². The molecule has 0 bridgehead atoms. The summed E-state index contributed by atoms with van der Waals surface area (Å²) in [6, 6.07) is -0.461. The normalized spacial score (nSPS) is 26.1. The van der Waals surface area contributed by atoms with Gasteiger partial charge in [0.15, 0.2) is 0 Å². The molecule has 2 fully saturated rings. The smallest absolute Gasteiger partial charge is 0.322 e. The molecule has 0 radical (unpaired) electrons. The highest BCUT2D eigenvalue weighted by Crippen LogP contribution is 2.26. The lowest BCUT2D eigenvalue weighted by atomic mass is 9.90. The molecule has 112 valence electrons. The predicted octanol–water partition coefficient (Wildman–Crippen LogP) is 1.01. The summed E-state index contributed by atoms with van der Waals surface area (Å²) in [7, 11) is 0. The molecule has 2 rings (SSSR count). The SMILES string of the molecule is CC(C)(C)CCCC(=O)N1CCC2(C1)NC(=O)NC2=O. The molecule has 20 heavy (non-hydrogen) atoms. The molecule has 1 unspecified atom stereocenters. The van der Waals surface area contributed by atoms with Crippen LogP contribution in [-0.2, 0) is 9.59 Å². The predicted molar refractivity (Wildman–Crippen MR) is 73.9 cm³/mol. The number of amides is 4. The van der Waals surface area contributed by atoms with Gasteiger partial charge in [-0.3, -0.25) is 14.9 Å². The highest BCUT2D eigenvalue weighted by atomic mass is 16.2. The van der Waals surface area contributed by atoms with E-state index in [9.17, 15) is 14.4 Å². The summed E-state index contributed by atoms with van der Waals surface area (Å²) in [6.07, 6.45) is 2.85. The van der Waals surface area contributed by atoms with Crippen molar-refractivity contribution in [1.29, 1.82) is 0 Å². The number of nitrogens with one attached hydrogen (secondary N) is 2. The number of hydrogen-bond donors (Lipinski definition) is 2. The fourth-order valence-electron chi connectivity index (χ4n) is 2.77. The maximum Gasteiger partial charge on any atom is 0.322 e. The zero-order chi connectivity index (χ0) is 15.0. The van der Waals surface area contributed by atoms with Gasteiger partial charge < -0.3 is 10.2 Å². The number of rotatable bonds is 3. The maximum atomic E-state index is 12.1. The van der Waals surface area contributed by atoms with Crippen molar-refractivity contribution in [3.8, 4) is 0 Å². The first-order valence-corrected chi connectivity index (χ1v) is 7.13. The molecule has 6 nitrogen and oxygen atoms in total. The minimum absolute atomic E-state index is 0.0695. The summed E-state index contributed by atoms with van der Waals surface area (Å²) in [5.74, 6) is -0.243. The molecule has 1 atom stereocenters. The van der Waals surface area contributed by atoms with Crippen LogP contribution in [0.25, 0.3) is 0 Å². The molecule has 0 aliphatic carbocycles. The summed E-state index contributed by atoms with van der Waals surface area (Å²) in [5, 5.41) is 4.90. The second kappa shape index (κ2) is 5.07. The summed E-state index contributed by atoms with van der Waals surface area (Å²) in [5.41, 5.74) is -0.664. The van der Waals surface area contributed by atoms with Crippen molar-refractivity contribution in [2.45, 2.75) is 52.0 Å². The Morgan fingerprint density at radius 3 is 2.60 bits per heavy atom. The summed E-state index contributed by atoms with van der Waals surface area (Å²) < 4.78 is 0. The molecule has 4 amide bonds. The number of urea groups is 1. The number of hydrogen-bond acceptors (Lipinski definition) is 3. The van der Waals surface area contributed by atoms with Crippen molar-refractivity contribution in [2.75, 3.05) is 13.1 Å². The fraction of sp³-hybridized carbons (Fsp3) is 0.786. The average Bonchev–Trinajstić information content (AvgIpc) is 2.83. The van der Waals surface area contributed by atoms with Crippen LogP contribution in [0, 0.1) is 5.41 Å². The summed E-state index contributed by atoms with van der Waals surface area (Å²) in [4.78, 5) is 36.8. The van der Waals surface area contributed by atoms with E-state index < -0.39 is 11.6 Å². The summed E-state index contributed by atoms with van der Waals surface area (Å²) in [6.45, 7) is 7.28. The number of likely N-dealkylation sites (tertiary alicyclic amines) is 1. The van der Waals surface area contributed by atoms with Crippen LogP contribution in [0.3, 0.4) is 0 Å². The number of nitrogens with zero attached hydrogens (tertiary/aromatic N) is 1. The minimum atomic E-state index is -0.892. The fourth-order valence-corrected chi connectivity index (χ4v) is 2.77. The van der Waals surface area contributed by atoms with Gasteiger partial charge in [-0.25, -0.2) is 4.79 Å². The largest absolute Gasteiger partial charge is 0.340 e. The Balaban J connectivity index is 1.85. The molecular weight excluding hydrogens is 258 g/mol. The van der Waals surface area contributed by atoms with Crippen LogP contribution in [0.1, 0.15) is 46.5 Å². The third-order valence-corrected chi connectivity index (χ3v) is 3.95. The Labute approximate surface area is 119 Å². The van der Waals surface area contributed by atoms with Gasteiger partial charge >= 0.3 is 6.03 Å². The Bertz CT molecular complexity index is 441. The van der Waals surface area contributed by atoms with E-state index in [1.165, 1.54) is 0 Å². The van der Waals surface area contributed by atoms with Crippen LogP contribution in [0.5, 0.6) is 0 Å². The molecule has 1 spiro atoms. The van der Waals surface area contributed by atoms with Crippen molar-refractivity contribution in [2.24, 2.45) is 5.41 Å². The molecule has 6 heteroatoms. The van der Waals surface area contributed by atoms with Gasteiger partial charge in [-0.2, -0.15) is 0 Å². The topological polar surface area (TPSA) is 78.5 Å². The van der Waals surface area contributed by atoms with E-state index in [-0.39, 0.29) is 17.2 Å². The Morgan fingerprint density at radius 2 is 2.05 bits per heavy atom. The first-order valence-electron chi connectivity index (χ1n) is 7.13. The number of imide groups is 1. The van der Waals surface area contributed by atoms with E-state index >= 15 is 0 Å². The zero-order valence-electron chi connectivity index (χ0n) is 12.4. The van der Waals surface area contributed by atoms with E-state index in [0.29, 0.717) is 25.9 Å². The van der Waals surface area contributed by atoms with Gasteiger partial charge in [0.2, 0.25) is 5.91 Å². The van der Waals surface area contributed by atoms with Gasteiger partial charge in [0.1, 0.15) is 5.54 Å². The molecule has 2 heterocycles. The lowest BCUT2D eigenvalue weighted by molar-refractivity contribution is -0.131. The van der Waals surface area contributed by atoms with E-state index in [1.54, 1.807) is 4.90 Å². The highest BCUT2D eigenvalue weighted by Gasteiger charge is 2.51. The van der Waals surface area contributed by atoms with Crippen molar-refractivity contribution in [3.05, 3.63) is 0 Å². The van der Waals surface area contributed by atoms with Crippen LogP contribution in [0.2, 0.25) is 0 Å². The van der Waals surface area contributed by atoms with E-state index in [2.05, 4.69) is 31.4 Å². The molecule has 2 aliphatic heterocycles. The molecule has 0 aromatic rings. The van der Waals surface area contributed by atoms with E-state index in [0.717, 1.165) is 12.8 Å². The third kappa shape index (κ3) is 3.11. The number of carbonyl (C=O) groups excluding carboxylic acids is 3. The van der Waals surface area contributed by atoms with Crippen LogP contribution in [-0.4, -0.2) is 41.4 Å². The first-order chi connectivity index (χ1) is 9.22. The zero-order valence-corrected chi connectivity index (χ0v) is 12.4. The Kier molecular flexibility index (Phi) is 3.75. The van der Waals surface area contributed by atoms with Crippen molar-refractivity contribution < 1.29 is 14.4 Å². The molecule has 0 aromatic carbocycles. The summed E-state index contributed by atoms with van der Waals surface area (Å²) >= 11 is 0. The maximum absolute atomic E-state index is 12.1. The Hall–Kier alpha value is -1.59. The van der Waals surface area contributed by atoms with Crippen molar-refractivity contribution >= 4 is 17.8 Å². The quantitative estimate of drug-likeness (QED) is 0.758. The average molecular weight is 281 g/mol. The lowest BCUT2D eigenvalue weighted by Gasteiger charge is -2.22. The third-order valence-electron chi connectivity index (χ3n) is 3.95. The highest BCUT2D eigenvalue weighted by molar-refractivity contribution is 6.07. The van der Waals surface area contributed by atoms with Gasteiger partial charge in [-0.1, -0.05) is 20.8 Å². The first kappa shape index (κ1) is 14.8. The second-order valence-electron chi connectivity index (χ2n) is 6.97. The van der Waals surface area contributed by atoms with Crippen LogP contribution in [0.4, 0.5) is 4.79 Å². The van der Waals surface area contributed by atoms with E-state index in [4.69, 9.17) is 0 Å². The van der Waals surface area contributed by atoms with Crippen LogP contribution in [0.15, 0.2) is 0 Å².